The molecule has 7 heteroatoms. The number of nitrogens with zero attached hydrogens (tertiary/aromatic N) is 1. The molecule has 0 bridgehead atoms. The Labute approximate surface area is 126 Å². The van der Waals surface area contributed by atoms with E-state index in [9.17, 15) is 13.2 Å². The lowest BCUT2D eigenvalue weighted by atomic mass is 9.81. The molecule has 1 saturated heterocycles. The quantitative estimate of drug-likeness (QED) is 0.896. The van der Waals surface area contributed by atoms with Gasteiger partial charge in [-0.15, -0.1) is 0 Å². The van der Waals surface area contributed by atoms with Crippen LogP contribution in [0.25, 0.3) is 0 Å². The summed E-state index contributed by atoms with van der Waals surface area (Å²) in [4.78, 5) is 11.4. The van der Waals surface area contributed by atoms with Crippen molar-refractivity contribution in [2.45, 2.75) is 24.7 Å². The summed E-state index contributed by atoms with van der Waals surface area (Å²) < 4.78 is 27.0. The summed E-state index contributed by atoms with van der Waals surface area (Å²) >= 11 is 3.26. The second-order valence-corrected chi connectivity index (χ2v) is 8.08. The van der Waals surface area contributed by atoms with Crippen molar-refractivity contribution in [3.8, 4) is 0 Å². The van der Waals surface area contributed by atoms with Crippen molar-refractivity contribution in [1.82, 2.24) is 4.31 Å². The zero-order chi connectivity index (χ0) is 15.0. The predicted octanol–water partition coefficient (Wildman–Crippen LogP) is 2.32. The maximum atomic E-state index is 12.5. The summed E-state index contributed by atoms with van der Waals surface area (Å²) in [6.45, 7) is 2.13. The maximum Gasteiger partial charge on any atom is 0.309 e. The largest absolute Gasteiger partial charge is 0.481 e. The molecule has 1 aromatic carbocycles. The zero-order valence-electron chi connectivity index (χ0n) is 11.0. The van der Waals surface area contributed by atoms with Gasteiger partial charge < -0.3 is 5.11 Å². The minimum atomic E-state index is -3.55. The number of halogens is 1. The van der Waals surface area contributed by atoms with Gasteiger partial charge in [0, 0.05) is 17.6 Å². The average Bonchev–Trinajstić information content (AvgIpc) is 2.39. The van der Waals surface area contributed by atoms with Gasteiger partial charge in [0.25, 0.3) is 0 Å². The number of aliphatic carboxylic acids is 1. The molecule has 0 amide bonds. The van der Waals surface area contributed by atoms with Crippen LogP contribution in [0.15, 0.2) is 33.6 Å². The average molecular weight is 362 g/mol. The maximum absolute atomic E-state index is 12.5. The van der Waals surface area contributed by atoms with Gasteiger partial charge in [-0.25, -0.2) is 8.42 Å². The molecule has 5 nitrogen and oxygen atoms in total. The van der Waals surface area contributed by atoms with Crippen molar-refractivity contribution in [2.24, 2.45) is 5.41 Å². The lowest BCUT2D eigenvalue weighted by Gasteiger charge is -2.35. The molecule has 20 heavy (non-hydrogen) atoms. The highest BCUT2D eigenvalue weighted by atomic mass is 79.9. The number of benzene rings is 1. The second kappa shape index (κ2) is 5.46. The molecule has 1 fully saturated rings. The monoisotopic (exact) mass is 361 g/mol. The second-order valence-electron chi connectivity index (χ2n) is 5.23. The Morgan fingerprint density at radius 2 is 1.95 bits per heavy atom. The Bertz CT molecular complexity index is 621. The van der Waals surface area contributed by atoms with Gasteiger partial charge in [0.05, 0.1) is 10.3 Å². The van der Waals surface area contributed by atoms with E-state index in [1.807, 2.05) is 0 Å². The molecular weight excluding hydrogens is 346 g/mol. The third kappa shape index (κ3) is 2.89. The van der Waals surface area contributed by atoms with Crippen LogP contribution in [0.4, 0.5) is 0 Å². The van der Waals surface area contributed by atoms with Crippen LogP contribution >= 0.6 is 15.9 Å². The first-order valence-corrected chi connectivity index (χ1v) is 8.48. The Kier molecular flexibility index (Phi) is 4.22. The third-order valence-electron chi connectivity index (χ3n) is 3.78. The first-order valence-electron chi connectivity index (χ1n) is 6.25. The fourth-order valence-corrected chi connectivity index (χ4v) is 4.25. The highest BCUT2D eigenvalue weighted by Gasteiger charge is 2.40. The zero-order valence-corrected chi connectivity index (χ0v) is 13.4. The standard InChI is InChI=1S/C13H16BrNO4S/c1-13(12(16)17)5-7-15(8-6-13)20(18,19)11-4-2-3-10(14)9-11/h2-4,9H,5-8H2,1H3,(H,16,17). The van der Waals surface area contributed by atoms with E-state index in [1.54, 1.807) is 31.2 Å². The third-order valence-corrected chi connectivity index (χ3v) is 6.16. The van der Waals surface area contributed by atoms with Crippen LogP contribution in [0, 0.1) is 5.41 Å². The Hall–Kier alpha value is -0.920. The van der Waals surface area contributed by atoms with Crippen LogP contribution in [0.1, 0.15) is 19.8 Å². The number of sulfonamides is 1. The van der Waals surface area contributed by atoms with Crippen LogP contribution in [0.3, 0.4) is 0 Å². The summed E-state index contributed by atoms with van der Waals surface area (Å²) in [6.07, 6.45) is 0.658. The molecule has 2 rings (SSSR count). The molecule has 0 atom stereocenters. The van der Waals surface area contributed by atoms with Gasteiger partial charge in [-0.05, 0) is 38.0 Å². The van der Waals surface area contributed by atoms with Gasteiger partial charge >= 0.3 is 5.97 Å². The van der Waals surface area contributed by atoms with E-state index >= 15 is 0 Å². The molecular formula is C13H16BrNO4S. The molecule has 0 radical (unpaired) electrons. The van der Waals surface area contributed by atoms with Crippen molar-refractivity contribution in [3.63, 3.8) is 0 Å². The first kappa shape index (κ1) is 15.5. The Morgan fingerprint density at radius 1 is 1.35 bits per heavy atom. The van der Waals surface area contributed by atoms with Gasteiger partial charge in [0.15, 0.2) is 0 Å². The van der Waals surface area contributed by atoms with E-state index in [0.717, 1.165) is 0 Å². The molecule has 1 N–H and O–H groups in total. The van der Waals surface area contributed by atoms with Crippen molar-refractivity contribution in [2.75, 3.05) is 13.1 Å². The molecule has 0 aromatic heterocycles. The van der Waals surface area contributed by atoms with Crippen LogP contribution < -0.4 is 0 Å². The van der Waals surface area contributed by atoms with Crippen molar-refractivity contribution in [3.05, 3.63) is 28.7 Å². The summed E-state index contributed by atoms with van der Waals surface area (Å²) in [7, 11) is -3.55. The summed E-state index contributed by atoms with van der Waals surface area (Å²) in [5.74, 6) is -0.864. The summed E-state index contributed by atoms with van der Waals surface area (Å²) in [5, 5.41) is 9.17. The number of piperidine rings is 1. The van der Waals surface area contributed by atoms with Crippen molar-refractivity contribution < 1.29 is 18.3 Å². The fraction of sp³-hybridized carbons (Fsp3) is 0.462. The van der Waals surface area contributed by atoms with E-state index in [-0.39, 0.29) is 18.0 Å². The van der Waals surface area contributed by atoms with Crippen LogP contribution in [0.2, 0.25) is 0 Å². The van der Waals surface area contributed by atoms with E-state index in [4.69, 9.17) is 5.11 Å². The van der Waals surface area contributed by atoms with E-state index < -0.39 is 21.4 Å². The minimum absolute atomic E-state index is 0.228. The molecule has 1 aliphatic rings. The van der Waals surface area contributed by atoms with Crippen molar-refractivity contribution >= 4 is 31.9 Å². The topological polar surface area (TPSA) is 74.7 Å². The van der Waals surface area contributed by atoms with Crippen LogP contribution in [0.5, 0.6) is 0 Å². The molecule has 1 aromatic rings. The number of carboxylic acids is 1. The normalized spacial score (nSPS) is 19.7. The number of hydrogen-bond donors (Lipinski definition) is 1. The fourth-order valence-electron chi connectivity index (χ4n) is 2.21. The van der Waals surface area contributed by atoms with Gasteiger partial charge in [0.1, 0.15) is 0 Å². The molecule has 110 valence electrons. The van der Waals surface area contributed by atoms with Gasteiger partial charge in [-0.1, -0.05) is 22.0 Å². The molecule has 0 saturated carbocycles. The lowest BCUT2D eigenvalue weighted by molar-refractivity contribution is -0.150. The van der Waals surface area contributed by atoms with Crippen LogP contribution in [-0.4, -0.2) is 36.9 Å². The molecule has 1 aliphatic heterocycles. The van der Waals surface area contributed by atoms with E-state index in [0.29, 0.717) is 17.3 Å². The van der Waals surface area contributed by atoms with Gasteiger partial charge in [-0.3, -0.25) is 4.79 Å². The Balaban J connectivity index is 2.20. The van der Waals surface area contributed by atoms with E-state index in [1.165, 1.54) is 4.31 Å². The minimum Gasteiger partial charge on any atom is -0.481 e. The number of hydrogen-bond acceptors (Lipinski definition) is 3. The molecule has 0 spiro atoms. The highest BCUT2D eigenvalue weighted by Crippen LogP contribution is 2.33. The number of rotatable bonds is 3. The first-order chi connectivity index (χ1) is 9.25. The summed E-state index contributed by atoms with van der Waals surface area (Å²) in [5.41, 5.74) is -0.830. The smallest absolute Gasteiger partial charge is 0.309 e. The number of carboxylic acid groups (broad SMARTS) is 1. The molecule has 1 heterocycles. The van der Waals surface area contributed by atoms with Crippen LogP contribution in [-0.2, 0) is 14.8 Å². The summed E-state index contributed by atoms with van der Waals surface area (Å²) in [6, 6.07) is 6.53. The van der Waals surface area contributed by atoms with Gasteiger partial charge in [0.2, 0.25) is 10.0 Å². The molecule has 0 aliphatic carbocycles. The van der Waals surface area contributed by atoms with Gasteiger partial charge in [-0.2, -0.15) is 4.31 Å². The Morgan fingerprint density at radius 3 is 2.45 bits per heavy atom. The SMILES string of the molecule is CC1(C(=O)O)CCN(S(=O)(=O)c2cccc(Br)c2)CC1. The van der Waals surface area contributed by atoms with Crippen molar-refractivity contribution in [1.29, 1.82) is 0 Å². The number of carbonyl (C=O) groups is 1. The van der Waals surface area contributed by atoms with E-state index in [2.05, 4.69) is 15.9 Å². The lowest BCUT2D eigenvalue weighted by Crippen LogP contribution is -2.45. The molecule has 0 unspecified atom stereocenters. The highest BCUT2D eigenvalue weighted by molar-refractivity contribution is 9.10. The predicted molar refractivity (Wildman–Crippen MR) is 77.9 cm³/mol.